The molecule has 1 aliphatic rings. The number of anilines is 1. The first-order chi connectivity index (χ1) is 14.9. The maximum absolute atomic E-state index is 13.0. The van der Waals surface area contributed by atoms with Gasteiger partial charge in [0.15, 0.2) is 11.5 Å². The number of hydrogen-bond acceptors (Lipinski definition) is 5. The van der Waals surface area contributed by atoms with Crippen LogP contribution in [-0.2, 0) is 10.0 Å². The zero-order valence-electron chi connectivity index (χ0n) is 18.1. The second-order valence-corrected chi connectivity index (χ2v) is 9.30. The van der Waals surface area contributed by atoms with Crippen LogP contribution in [0.2, 0.25) is 0 Å². The Morgan fingerprint density at radius 3 is 2.35 bits per heavy atom. The van der Waals surface area contributed by atoms with E-state index in [1.165, 1.54) is 49.7 Å². The molecule has 1 aliphatic carbocycles. The average molecular weight is 445 g/mol. The molecule has 0 unspecified atom stereocenters. The molecule has 0 fully saturated rings. The first kappa shape index (κ1) is 22.7. The summed E-state index contributed by atoms with van der Waals surface area (Å²) in [6, 6.07) is 10.9. The van der Waals surface area contributed by atoms with Crippen LogP contribution in [0, 0.1) is 0 Å². The normalized spacial score (nSPS) is 13.8. The average Bonchev–Trinajstić information content (AvgIpc) is 2.82. The highest BCUT2D eigenvalue weighted by molar-refractivity contribution is 7.92. The first-order valence-corrected chi connectivity index (χ1v) is 11.6. The summed E-state index contributed by atoms with van der Waals surface area (Å²) < 4.78 is 37.6. The molecule has 1 N–H and O–H groups in total. The Hall–Kier alpha value is -3.00. The van der Waals surface area contributed by atoms with Crippen molar-refractivity contribution in [3.63, 3.8) is 0 Å². The van der Waals surface area contributed by atoms with Gasteiger partial charge in [0.2, 0.25) is 0 Å². The summed E-state index contributed by atoms with van der Waals surface area (Å²) in [5.41, 5.74) is 2.19. The molecular formula is C23H28N2O5S. The topological polar surface area (TPSA) is 84.9 Å². The standard InChI is InChI=1S/C23H28N2O5S/c1-25(31(27,28)20-13-14-21(29-2)22(15-20)30-3)19-11-9-18(10-12-19)23(26)24-16-17-7-5-4-6-8-17/h7,9-15H,4-6,8,16H2,1-3H3,(H,24,26). The molecule has 0 saturated heterocycles. The Labute approximate surface area is 183 Å². The van der Waals surface area contributed by atoms with Crippen LogP contribution in [0.25, 0.3) is 0 Å². The van der Waals surface area contributed by atoms with Gasteiger partial charge in [-0.05, 0) is 62.1 Å². The highest BCUT2D eigenvalue weighted by Crippen LogP contribution is 2.31. The summed E-state index contributed by atoms with van der Waals surface area (Å²) in [6.07, 6.45) is 6.66. The van der Waals surface area contributed by atoms with Crippen molar-refractivity contribution in [2.75, 3.05) is 32.1 Å². The van der Waals surface area contributed by atoms with E-state index in [9.17, 15) is 13.2 Å². The van der Waals surface area contributed by atoms with Crippen LogP contribution in [-0.4, -0.2) is 42.1 Å². The maximum Gasteiger partial charge on any atom is 0.264 e. The highest BCUT2D eigenvalue weighted by Gasteiger charge is 2.23. The monoisotopic (exact) mass is 444 g/mol. The molecule has 1 amide bonds. The molecule has 0 spiro atoms. The van der Waals surface area contributed by atoms with Gasteiger partial charge in [-0.15, -0.1) is 0 Å². The number of carbonyl (C=O) groups is 1. The van der Waals surface area contributed by atoms with Gasteiger partial charge in [0.05, 0.1) is 24.8 Å². The van der Waals surface area contributed by atoms with Crippen LogP contribution in [0.4, 0.5) is 5.69 Å². The van der Waals surface area contributed by atoms with E-state index in [4.69, 9.17) is 9.47 Å². The van der Waals surface area contributed by atoms with Crippen molar-refractivity contribution in [3.8, 4) is 11.5 Å². The second-order valence-electron chi connectivity index (χ2n) is 7.33. The summed E-state index contributed by atoms with van der Waals surface area (Å²) in [6.45, 7) is 0.550. The third-order valence-electron chi connectivity index (χ3n) is 5.37. The molecule has 0 bridgehead atoms. The number of amides is 1. The fraction of sp³-hybridized carbons (Fsp3) is 0.348. The smallest absolute Gasteiger partial charge is 0.264 e. The van der Waals surface area contributed by atoms with E-state index < -0.39 is 10.0 Å². The number of carbonyl (C=O) groups excluding carboxylic acids is 1. The molecule has 0 heterocycles. The quantitative estimate of drug-likeness (QED) is 0.627. The fourth-order valence-electron chi connectivity index (χ4n) is 3.46. The van der Waals surface area contributed by atoms with Crippen LogP contribution in [0.3, 0.4) is 0 Å². The van der Waals surface area contributed by atoms with Gasteiger partial charge < -0.3 is 14.8 Å². The van der Waals surface area contributed by atoms with Crippen molar-refractivity contribution in [2.45, 2.75) is 30.6 Å². The van der Waals surface area contributed by atoms with Gasteiger partial charge >= 0.3 is 0 Å². The third-order valence-corrected chi connectivity index (χ3v) is 7.15. The molecular weight excluding hydrogens is 416 g/mol. The largest absolute Gasteiger partial charge is 0.493 e. The molecule has 7 nitrogen and oxygen atoms in total. The van der Waals surface area contributed by atoms with Crippen molar-refractivity contribution in [1.82, 2.24) is 5.32 Å². The van der Waals surface area contributed by atoms with Gasteiger partial charge in [-0.1, -0.05) is 11.6 Å². The van der Waals surface area contributed by atoms with E-state index in [-0.39, 0.29) is 10.8 Å². The Morgan fingerprint density at radius 2 is 1.74 bits per heavy atom. The zero-order chi connectivity index (χ0) is 22.4. The van der Waals surface area contributed by atoms with E-state index >= 15 is 0 Å². The van der Waals surface area contributed by atoms with Crippen LogP contribution in [0.5, 0.6) is 11.5 Å². The molecule has 3 rings (SSSR count). The Kier molecular flexibility index (Phi) is 7.22. The number of rotatable bonds is 8. The minimum atomic E-state index is -3.82. The number of allylic oxidation sites excluding steroid dienone is 1. The number of ether oxygens (including phenoxy) is 2. The molecule has 2 aromatic carbocycles. The van der Waals surface area contributed by atoms with E-state index in [1.54, 1.807) is 30.3 Å². The second kappa shape index (κ2) is 9.87. The van der Waals surface area contributed by atoms with Gasteiger partial charge in [-0.2, -0.15) is 0 Å². The fourth-order valence-corrected chi connectivity index (χ4v) is 4.67. The van der Waals surface area contributed by atoms with Gasteiger partial charge in [-0.3, -0.25) is 9.10 Å². The zero-order valence-corrected chi connectivity index (χ0v) is 18.9. The lowest BCUT2D eigenvalue weighted by atomic mass is 9.99. The molecule has 0 saturated carbocycles. The maximum atomic E-state index is 13.0. The lowest BCUT2D eigenvalue weighted by Crippen LogP contribution is -2.27. The number of nitrogens with one attached hydrogen (secondary N) is 1. The minimum Gasteiger partial charge on any atom is -0.493 e. The van der Waals surface area contributed by atoms with Gasteiger partial charge in [0, 0.05) is 25.2 Å². The van der Waals surface area contributed by atoms with E-state index in [0.29, 0.717) is 29.3 Å². The van der Waals surface area contributed by atoms with Crippen molar-refractivity contribution < 1.29 is 22.7 Å². The first-order valence-electron chi connectivity index (χ1n) is 10.1. The highest BCUT2D eigenvalue weighted by atomic mass is 32.2. The number of methoxy groups -OCH3 is 2. The summed E-state index contributed by atoms with van der Waals surface area (Å²) in [5.74, 6) is 0.601. The van der Waals surface area contributed by atoms with Crippen LogP contribution in [0.15, 0.2) is 59.0 Å². The third kappa shape index (κ3) is 5.19. The number of benzene rings is 2. The Bertz CT molecular complexity index is 1060. The van der Waals surface area contributed by atoms with Crippen molar-refractivity contribution >= 4 is 21.6 Å². The van der Waals surface area contributed by atoms with E-state index in [1.807, 2.05) is 0 Å². The van der Waals surface area contributed by atoms with Gasteiger partial charge in [0.25, 0.3) is 15.9 Å². The van der Waals surface area contributed by atoms with Crippen LogP contribution in [0.1, 0.15) is 36.0 Å². The molecule has 0 aliphatic heterocycles. The van der Waals surface area contributed by atoms with Crippen LogP contribution < -0.4 is 19.1 Å². The van der Waals surface area contributed by atoms with Crippen molar-refractivity contribution in [2.24, 2.45) is 0 Å². The SMILES string of the molecule is COc1ccc(S(=O)(=O)N(C)c2ccc(C(=O)NCC3=CCCCC3)cc2)cc1OC. The van der Waals surface area contributed by atoms with Gasteiger partial charge in [-0.25, -0.2) is 8.42 Å². The molecule has 31 heavy (non-hydrogen) atoms. The lowest BCUT2D eigenvalue weighted by molar-refractivity contribution is 0.0956. The molecule has 0 aromatic heterocycles. The molecule has 2 aromatic rings. The van der Waals surface area contributed by atoms with Crippen LogP contribution >= 0.6 is 0 Å². The van der Waals surface area contributed by atoms with E-state index in [2.05, 4.69) is 11.4 Å². The Balaban J connectivity index is 1.72. The number of hydrogen-bond donors (Lipinski definition) is 1. The lowest BCUT2D eigenvalue weighted by Gasteiger charge is -2.20. The van der Waals surface area contributed by atoms with E-state index in [0.717, 1.165) is 19.3 Å². The predicted octanol–water partition coefficient (Wildman–Crippen LogP) is 3.76. The molecule has 8 heteroatoms. The molecule has 166 valence electrons. The molecule has 0 radical (unpaired) electrons. The predicted molar refractivity (Wildman–Crippen MR) is 120 cm³/mol. The molecule has 0 atom stereocenters. The summed E-state index contributed by atoms with van der Waals surface area (Å²) >= 11 is 0. The summed E-state index contributed by atoms with van der Waals surface area (Å²) in [7, 11) is 0.590. The summed E-state index contributed by atoms with van der Waals surface area (Å²) in [4.78, 5) is 12.5. The van der Waals surface area contributed by atoms with Crippen molar-refractivity contribution in [1.29, 1.82) is 0 Å². The Morgan fingerprint density at radius 1 is 1.03 bits per heavy atom. The minimum absolute atomic E-state index is 0.0789. The summed E-state index contributed by atoms with van der Waals surface area (Å²) in [5, 5.41) is 2.93. The number of sulfonamides is 1. The van der Waals surface area contributed by atoms with Crippen molar-refractivity contribution in [3.05, 3.63) is 59.7 Å². The van der Waals surface area contributed by atoms with Gasteiger partial charge in [0.1, 0.15) is 0 Å². The number of nitrogens with zero attached hydrogens (tertiary/aromatic N) is 1.